The van der Waals surface area contributed by atoms with Crippen LogP contribution in [-0.2, 0) is 4.79 Å². The van der Waals surface area contributed by atoms with Crippen LogP contribution in [0.1, 0.15) is 45.4 Å². The van der Waals surface area contributed by atoms with Crippen molar-refractivity contribution in [1.29, 1.82) is 0 Å². The van der Waals surface area contributed by atoms with E-state index in [4.69, 9.17) is 5.73 Å². The van der Waals surface area contributed by atoms with Crippen molar-refractivity contribution < 1.29 is 18.0 Å². The van der Waals surface area contributed by atoms with Gasteiger partial charge in [0.25, 0.3) is 0 Å². The Bertz CT molecular complexity index is 352. The fourth-order valence-electron chi connectivity index (χ4n) is 2.74. The van der Waals surface area contributed by atoms with Gasteiger partial charge in [0.2, 0.25) is 5.91 Å². The number of hydrogen-bond donors (Lipinski definition) is 2. The lowest BCUT2D eigenvalue weighted by Crippen LogP contribution is -2.61. The zero-order valence-electron chi connectivity index (χ0n) is 10.4. The number of alkyl halides is 3. The average Bonchev–Trinajstić information content (AvgIpc) is 2.97. The molecule has 104 valence electrons. The van der Waals surface area contributed by atoms with Crippen molar-refractivity contribution >= 4 is 5.91 Å². The smallest absolute Gasteiger partial charge is 0.340 e. The maximum absolute atomic E-state index is 12.8. The summed E-state index contributed by atoms with van der Waals surface area (Å²) in [5.74, 6) is -0.348. The minimum atomic E-state index is -4.38. The highest BCUT2D eigenvalue weighted by atomic mass is 19.4. The predicted molar refractivity (Wildman–Crippen MR) is 60.7 cm³/mol. The van der Waals surface area contributed by atoms with Crippen LogP contribution < -0.4 is 11.1 Å². The standard InChI is InChI=1S/C12H19F3N2O/c1-8-3-2-4-10(16,7-8)9(18)17-11(5-6-11)12(13,14)15/h8H,2-7,16H2,1H3,(H,17,18). The van der Waals surface area contributed by atoms with E-state index in [0.717, 1.165) is 12.8 Å². The Balaban J connectivity index is 2.04. The molecule has 2 rings (SSSR count). The van der Waals surface area contributed by atoms with E-state index < -0.39 is 23.2 Å². The van der Waals surface area contributed by atoms with Crippen LogP contribution in [-0.4, -0.2) is 23.2 Å². The first-order chi connectivity index (χ1) is 8.19. The fraction of sp³-hybridized carbons (Fsp3) is 0.917. The van der Waals surface area contributed by atoms with Crippen LogP contribution >= 0.6 is 0 Å². The number of halogens is 3. The van der Waals surface area contributed by atoms with Crippen LogP contribution in [0.4, 0.5) is 13.2 Å². The molecule has 0 radical (unpaired) electrons. The van der Waals surface area contributed by atoms with Crippen molar-refractivity contribution in [3.8, 4) is 0 Å². The van der Waals surface area contributed by atoms with Crippen molar-refractivity contribution in [3.05, 3.63) is 0 Å². The number of carbonyl (C=O) groups is 1. The lowest BCUT2D eigenvalue weighted by molar-refractivity contribution is -0.172. The number of rotatable bonds is 2. The quantitative estimate of drug-likeness (QED) is 0.802. The van der Waals surface area contributed by atoms with Crippen molar-refractivity contribution in [2.75, 3.05) is 0 Å². The van der Waals surface area contributed by atoms with Crippen LogP contribution in [0.25, 0.3) is 0 Å². The molecule has 0 aromatic rings. The molecule has 6 heteroatoms. The Kier molecular flexibility index (Phi) is 3.12. The largest absolute Gasteiger partial charge is 0.411 e. The molecule has 2 saturated carbocycles. The maximum Gasteiger partial charge on any atom is 0.411 e. The molecule has 18 heavy (non-hydrogen) atoms. The van der Waals surface area contributed by atoms with Gasteiger partial charge in [-0.3, -0.25) is 4.79 Å². The summed E-state index contributed by atoms with van der Waals surface area (Å²) in [4.78, 5) is 12.0. The lowest BCUT2D eigenvalue weighted by Gasteiger charge is -2.36. The van der Waals surface area contributed by atoms with Crippen molar-refractivity contribution in [2.45, 2.75) is 62.7 Å². The van der Waals surface area contributed by atoms with Gasteiger partial charge in [-0.25, -0.2) is 0 Å². The van der Waals surface area contributed by atoms with E-state index in [1.165, 1.54) is 0 Å². The van der Waals surface area contributed by atoms with Crippen molar-refractivity contribution in [3.63, 3.8) is 0 Å². The van der Waals surface area contributed by atoms with E-state index in [0.29, 0.717) is 12.8 Å². The molecule has 0 aromatic carbocycles. The second kappa shape index (κ2) is 4.11. The number of amides is 1. The molecular weight excluding hydrogens is 245 g/mol. The van der Waals surface area contributed by atoms with Crippen molar-refractivity contribution in [1.82, 2.24) is 5.32 Å². The molecule has 0 bridgehead atoms. The zero-order chi connectivity index (χ0) is 13.6. The Labute approximate surface area is 104 Å². The summed E-state index contributed by atoms with van der Waals surface area (Å²) in [6, 6.07) is 0. The minimum absolute atomic E-state index is 0.0339. The molecule has 0 spiro atoms. The third-order valence-electron chi connectivity index (χ3n) is 4.13. The van der Waals surface area contributed by atoms with Crippen molar-refractivity contribution in [2.24, 2.45) is 11.7 Å². The molecule has 2 atom stereocenters. The van der Waals surface area contributed by atoms with E-state index in [-0.39, 0.29) is 18.8 Å². The van der Waals surface area contributed by atoms with Gasteiger partial charge in [0, 0.05) is 0 Å². The van der Waals surface area contributed by atoms with Gasteiger partial charge >= 0.3 is 6.18 Å². The first-order valence-electron chi connectivity index (χ1n) is 6.37. The van der Waals surface area contributed by atoms with Gasteiger partial charge in [-0.2, -0.15) is 13.2 Å². The number of hydrogen-bond acceptors (Lipinski definition) is 2. The molecule has 2 aliphatic carbocycles. The molecule has 0 aliphatic heterocycles. The Morgan fingerprint density at radius 3 is 2.39 bits per heavy atom. The molecule has 3 N–H and O–H groups in total. The molecule has 1 amide bonds. The third-order valence-corrected chi connectivity index (χ3v) is 4.13. The third kappa shape index (κ3) is 2.35. The van der Waals surface area contributed by atoms with Gasteiger partial charge in [-0.1, -0.05) is 19.8 Å². The minimum Gasteiger partial charge on any atom is -0.340 e. The summed E-state index contributed by atoms with van der Waals surface area (Å²) in [5.41, 5.74) is 2.86. The van der Waals surface area contributed by atoms with Crippen LogP contribution in [0, 0.1) is 5.92 Å². The summed E-state index contributed by atoms with van der Waals surface area (Å²) < 4.78 is 38.3. The zero-order valence-corrected chi connectivity index (χ0v) is 10.4. The first-order valence-corrected chi connectivity index (χ1v) is 6.37. The van der Waals surface area contributed by atoms with Crippen LogP contribution in [0.3, 0.4) is 0 Å². The number of nitrogens with two attached hydrogens (primary N) is 1. The maximum atomic E-state index is 12.8. The van der Waals surface area contributed by atoms with Gasteiger partial charge in [0.05, 0.1) is 5.54 Å². The monoisotopic (exact) mass is 264 g/mol. The van der Waals surface area contributed by atoms with E-state index in [9.17, 15) is 18.0 Å². The van der Waals surface area contributed by atoms with E-state index in [1.54, 1.807) is 0 Å². The van der Waals surface area contributed by atoms with Gasteiger partial charge in [-0.15, -0.1) is 0 Å². The summed E-state index contributed by atoms with van der Waals surface area (Å²) >= 11 is 0. The number of nitrogens with one attached hydrogen (secondary N) is 1. The fourth-order valence-corrected chi connectivity index (χ4v) is 2.74. The molecule has 0 heterocycles. The van der Waals surface area contributed by atoms with E-state index in [1.807, 2.05) is 6.92 Å². The van der Waals surface area contributed by atoms with E-state index in [2.05, 4.69) is 5.32 Å². The molecule has 0 aromatic heterocycles. The molecule has 3 nitrogen and oxygen atoms in total. The second-order valence-corrected chi connectivity index (χ2v) is 5.89. The molecule has 2 aliphatic rings. The average molecular weight is 264 g/mol. The van der Waals surface area contributed by atoms with E-state index >= 15 is 0 Å². The normalized spacial score (nSPS) is 35.1. The predicted octanol–water partition coefficient (Wildman–Crippen LogP) is 2.11. The second-order valence-electron chi connectivity index (χ2n) is 5.89. The van der Waals surface area contributed by atoms with Gasteiger partial charge in [0.15, 0.2) is 0 Å². The van der Waals surface area contributed by atoms with Gasteiger partial charge in [-0.05, 0) is 31.6 Å². The Morgan fingerprint density at radius 1 is 1.33 bits per heavy atom. The summed E-state index contributed by atoms with van der Waals surface area (Å²) in [6.07, 6.45) is -1.73. The summed E-state index contributed by atoms with van der Waals surface area (Å²) in [7, 11) is 0. The summed E-state index contributed by atoms with van der Waals surface area (Å²) in [5, 5.41) is 2.15. The Hall–Kier alpha value is -0.780. The molecule has 0 saturated heterocycles. The highest BCUT2D eigenvalue weighted by molar-refractivity contribution is 5.87. The lowest BCUT2D eigenvalue weighted by atomic mass is 9.76. The first kappa shape index (κ1) is 13.6. The van der Waals surface area contributed by atoms with Crippen LogP contribution in [0.2, 0.25) is 0 Å². The molecule has 2 fully saturated rings. The summed E-state index contributed by atoms with van der Waals surface area (Å²) in [6.45, 7) is 1.98. The SMILES string of the molecule is CC1CCCC(N)(C(=O)NC2(C(F)(F)F)CC2)C1. The molecular formula is C12H19F3N2O. The van der Waals surface area contributed by atoms with Gasteiger partial charge < -0.3 is 11.1 Å². The van der Waals surface area contributed by atoms with Crippen LogP contribution in [0.15, 0.2) is 0 Å². The Morgan fingerprint density at radius 2 is 1.94 bits per heavy atom. The molecule has 2 unspecified atom stereocenters. The highest BCUT2D eigenvalue weighted by Crippen LogP contribution is 2.49. The number of carbonyl (C=O) groups excluding carboxylic acids is 1. The topological polar surface area (TPSA) is 55.1 Å². The highest BCUT2D eigenvalue weighted by Gasteiger charge is 2.65. The van der Waals surface area contributed by atoms with Gasteiger partial charge in [0.1, 0.15) is 5.54 Å². The van der Waals surface area contributed by atoms with Crippen LogP contribution in [0.5, 0.6) is 0 Å².